The van der Waals surface area contributed by atoms with E-state index in [2.05, 4.69) is 35.4 Å². The van der Waals surface area contributed by atoms with Crippen molar-refractivity contribution in [2.45, 2.75) is 39.0 Å². The fourth-order valence-electron chi connectivity index (χ4n) is 3.42. The van der Waals surface area contributed by atoms with Gasteiger partial charge in [0.05, 0.1) is 5.69 Å². The Morgan fingerprint density at radius 3 is 2.62 bits per heavy atom. The summed E-state index contributed by atoms with van der Waals surface area (Å²) in [4.78, 5) is 17.0. The van der Waals surface area contributed by atoms with Crippen LogP contribution < -0.4 is 5.32 Å². The fraction of sp³-hybridized carbons (Fsp3) is 0.273. The van der Waals surface area contributed by atoms with Crippen molar-refractivity contribution in [1.82, 2.24) is 4.98 Å². The quantitative estimate of drug-likeness (QED) is 0.665. The number of carbonyl (C=O) groups is 1. The molecule has 0 saturated heterocycles. The summed E-state index contributed by atoms with van der Waals surface area (Å²) < 4.78 is 0. The molecule has 0 fully saturated rings. The lowest BCUT2D eigenvalue weighted by Gasteiger charge is -2.16. The van der Waals surface area contributed by atoms with Gasteiger partial charge >= 0.3 is 0 Å². The highest BCUT2D eigenvalue weighted by molar-refractivity contribution is 7.14. The Balaban J connectivity index is 1.50. The summed E-state index contributed by atoms with van der Waals surface area (Å²) in [7, 11) is 0. The standard InChI is InChI=1S/C22H22N2OS/c1-2-15-7-9-17(10-8-15)21(25)24-22-23-20(14-26-22)19-12-11-16-5-3-4-6-18(16)13-19/h7-14H,2-6H2,1H3,(H,23,24,25). The molecule has 0 atom stereocenters. The Bertz CT molecular complexity index is 928. The molecule has 1 aliphatic rings. The predicted octanol–water partition coefficient (Wildman–Crippen LogP) is 5.50. The Labute approximate surface area is 158 Å². The number of benzene rings is 2. The molecule has 3 nitrogen and oxygen atoms in total. The number of aromatic nitrogens is 1. The van der Waals surface area contributed by atoms with Gasteiger partial charge in [-0.25, -0.2) is 4.98 Å². The van der Waals surface area contributed by atoms with Crippen LogP contribution in [0.4, 0.5) is 5.13 Å². The van der Waals surface area contributed by atoms with Crippen LogP contribution in [0, 0.1) is 0 Å². The van der Waals surface area contributed by atoms with Crippen molar-refractivity contribution in [1.29, 1.82) is 0 Å². The Kier molecular flexibility index (Phi) is 4.85. The number of nitrogens with zero attached hydrogens (tertiary/aromatic N) is 1. The average molecular weight is 362 g/mol. The van der Waals surface area contributed by atoms with Crippen molar-refractivity contribution >= 4 is 22.4 Å². The van der Waals surface area contributed by atoms with Crippen LogP contribution >= 0.6 is 11.3 Å². The zero-order valence-electron chi connectivity index (χ0n) is 14.9. The summed E-state index contributed by atoms with van der Waals surface area (Å²) in [5.74, 6) is -0.112. The summed E-state index contributed by atoms with van der Waals surface area (Å²) in [6.07, 6.45) is 5.87. The number of hydrogen-bond donors (Lipinski definition) is 1. The molecule has 4 heteroatoms. The molecule has 0 aliphatic heterocycles. The summed E-state index contributed by atoms with van der Waals surface area (Å²) in [6.45, 7) is 2.10. The molecule has 0 saturated carbocycles. The van der Waals surface area contributed by atoms with Gasteiger partial charge in [0.2, 0.25) is 0 Å². The molecule has 3 aromatic rings. The van der Waals surface area contributed by atoms with Gasteiger partial charge in [0.15, 0.2) is 5.13 Å². The second kappa shape index (κ2) is 7.42. The molecule has 1 aromatic heterocycles. The van der Waals surface area contributed by atoms with Gasteiger partial charge in [-0.3, -0.25) is 10.1 Å². The lowest BCUT2D eigenvalue weighted by Crippen LogP contribution is -2.11. The molecule has 132 valence electrons. The van der Waals surface area contributed by atoms with E-state index in [0.717, 1.165) is 24.1 Å². The minimum absolute atomic E-state index is 0.112. The van der Waals surface area contributed by atoms with E-state index in [1.165, 1.54) is 47.3 Å². The Morgan fingerprint density at radius 2 is 1.85 bits per heavy atom. The highest BCUT2D eigenvalue weighted by Crippen LogP contribution is 2.29. The van der Waals surface area contributed by atoms with Crippen LogP contribution in [0.3, 0.4) is 0 Å². The van der Waals surface area contributed by atoms with E-state index in [1.54, 1.807) is 0 Å². The van der Waals surface area contributed by atoms with Crippen molar-refractivity contribution in [3.05, 3.63) is 70.1 Å². The molecule has 26 heavy (non-hydrogen) atoms. The molecule has 1 aliphatic carbocycles. The zero-order valence-corrected chi connectivity index (χ0v) is 15.7. The normalized spacial score (nSPS) is 13.3. The average Bonchev–Trinajstić information content (AvgIpc) is 3.16. The first-order chi connectivity index (χ1) is 12.7. The second-order valence-electron chi connectivity index (χ2n) is 6.73. The molecule has 2 aromatic carbocycles. The van der Waals surface area contributed by atoms with E-state index in [9.17, 15) is 4.79 Å². The van der Waals surface area contributed by atoms with Crippen LogP contribution in [0.25, 0.3) is 11.3 Å². The first-order valence-corrected chi connectivity index (χ1v) is 10.1. The van der Waals surface area contributed by atoms with Crippen LogP contribution in [0.15, 0.2) is 47.8 Å². The number of amides is 1. The maximum Gasteiger partial charge on any atom is 0.257 e. The van der Waals surface area contributed by atoms with Crippen LogP contribution in [0.5, 0.6) is 0 Å². The number of hydrogen-bond acceptors (Lipinski definition) is 3. The highest BCUT2D eigenvalue weighted by Gasteiger charge is 2.13. The topological polar surface area (TPSA) is 42.0 Å². The molecule has 0 unspecified atom stereocenters. The number of fused-ring (bicyclic) bond motifs is 1. The number of thiazole rings is 1. The maximum atomic E-state index is 12.4. The highest BCUT2D eigenvalue weighted by atomic mass is 32.1. The minimum Gasteiger partial charge on any atom is -0.298 e. The third-order valence-corrected chi connectivity index (χ3v) is 5.75. The monoisotopic (exact) mass is 362 g/mol. The predicted molar refractivity (Wildman–Crippen MR) is 108 cm³/mol. The molecule has 0 spiro atoms. The summed E-state index contributed by atoms with van der Waals surface area (Å²) in [6, 6.07) is 14.4. The van der Waals surface area contributed by atoms with Crippen molar-refractivity contribution in [3.63, 3.8) is 0 Å². The van der Waals surface area contributed by atoms with Crippen LogP contribution in [0.2, 0.25) is 0 Å². The van der Waals surface area contributed by atoms with Gasteiger partial charge in [-0.2, -0.15) is 0 Å². The summed E-state index contributed by atoms with van der Waals surface area (Å²) in [5, 5.41) is 5.57. The van der Waals surface area contributed by atoms with Crippen molar-refractivity contribution in [2.24, 2.45) is 0 Å². The van der Waals surface area contributed by atoms with E-state index in [0.29, 0.717) is 10.7 Å². The molecular formula is C22H22N2OS. The summed E-state index contributed by atoms with van der Waals surface area (Å²) >= 11 is 1.47. The Hall–Kier alpha value is -2.46. The third-order valence-electron chi connectivity index (χ3n) is 4.99. The fourth-order valence-corrected chi connectivity index (χ4v) is 4.13. The molecule has 1 N–H and O–H groups in total. The van der Waals surface area contributed by atoms with Crippen LogP contribution in [-0.2, 0) is 19.3 Å². The number of carbonyl (C=O) groups excluding carboxylic acids is 1. The van der Waals surface area contributed by atoms with Gasteiger partial charge in [-0.05, 0) is 67.0 Å². The third kappa shape index (κ3) is 3.56. The van der Waals surface area contributed by atoms with E-state index in [-0.39, 0.29) is 5.91 Å². The SMILES string of the molecule is CCc1ccc(C(=O)Nc2nc(-c3ccc4c(c3)CCCC4)cs2)cc1. The second-order valence-corrected chi connectivity index (χ2v) is 7.59. The molecule has 0 bridgehead atoms. The number of anilines is 1. The van der Waals surface area contributed by atoms with E-state index in [4.69, 9.17) is 0 Å². The zero-order chi connectivity index (χ0) is 17.9. The smallest absolute Gasteiger partial charge is 0.257 e. The first kappa shape index (κ1) is 17.0. The lowest BCUT2D eigenvalue weighted by atomic mass is 9.90. The number of nitrogens with one attached hydrogen (secondary N) is 1. The van der Waals surface area contributed by atoms with E-state index >= 15 is 0 Å². The largest absolute Gasteiger partial charge is 0.298 e. The van der Waals surface area contributed by atoms with Gasteiger partial charge in [0.1, 0.15) is 0 Å². The first-order valence-electron chi connectivity index (χ1n) is 9.21. The van der Waals surface area contributed by atoms with Gasteiger partial charge in [0, 0.05) is 16.5 Å². The Morgan fingerprint density at radius 1 is 1.08 bits per heavy atom. The van der Waals surface area contributed by atoms with Gasteiger partial charge in [0.25, 0.3) is 5.91 Å². The van der Waals surface area contributed by atoms with Crippen LogP contribution in [-0.4, -0.2) is 10.9 Å². The van der Waals surface area contributed by atoms with Gasteiger partial charge < -0.3 is 0 Å². The van der Waals surface area contributed by atoms with Gasteiger partial charge in [-0.1, -0.05) is 31.2 Å². The molecule has 0 radical (unpaired) electrons. The molecule has 1 heterocycles. The van der Waals surface area contributed by atoms with E-state index < -0.39 is 0 Å². The number of aryl methyl sites for hydroxylation is 3. The maximum absolute atomic E-state index is 12.4. The van der Waals surface area contributed by atoms with Crippen LogP contribution in [0.1, 0.15) is 46.8 Å². The lowest BCUT2D eigenvalue weighted by molar-refractivity contribution is 0.102. The molecular weight excluding hydrogens is 340 g/mol. The minimum atomic E-state index is -0.112. The van der Waals surface area contributed by atoms with Crippen molar-refractivity contribution in [3.8, 4) is 11.3 Å². The molecule has 4 rings (SSSR count). The van der Waals surface area contributed by atoms with E-state index in [1.807, 2.05) is 29.6 Å². The summed E-state index contributed by atoms with van der Waals surface area (Å²) in [5.41, 5.74) is 6.87. The number of rotatable bonds is 4. The molecule has 1 amide bonds. The van der Waals surface area contributed by atoms with Crippen molar-refractivity contribution in [2.75, 3.05) is 5.32 Å². The van der Waals surface area contributed by atoms with Gasteiger partial charge in [-0.15, -0.1) is 11.3 Å². The van der Waals surface area contributed by atoms with Crippen molar-refractivity contribution < 1.29 is 4.79 Å².